The summed E-state index contributed by atoms with van der Waals surface area (Å²) in [6.07, 6.45) is 2.69. The Kier molecular flexibility index (Phi) is 5.09. The minimum absolute atomic E-state index is 0.0438. The molecule has 2 N–H and O–H groups in total. The number of nitrogens with one attached hydrogen (secondary N) is 1. The van der Waals surface area contributed by atoms with Crippen LogP contribution in [0.15, 0.2) is 18.2 Å². The van der Waals surface area contributed by atoms with Crippen LogP contribution in [-0.4, -0.2) is 30.9 Å². The van der Waals surface area contributed by atoms with E-state index in [9.17, 15) is 5.11 Å². The Hall–Kier alpha value is -0.320. The van der Waals surface area contributed by atoms with Crippen LogP contribution in [0.25, 0.3) is 0 Å². The maximum atomic E-state index is 10.1. The average molecular weight is 304 g/mol. The lowest BCUT2D eigenvalue weighted by Gasteiger charge is -2.40. The van der Waals surface area contributed by atoms with Gasteiger partial charge >= 0.3 is 0 Å². The van der Waals surface area contributed by atoms with Gasteiger partial charge in [-0.25, -0.2) is 0 Å². The Morgan fingerprint density at radius 3 is 2.74 bits per heavy atom. The van der Waals surface area contributed by atoms with Crippen molar-refractivity contribution in [2.75, 3.05) is 20.2 Å². The molecule has 1 saturated carbocycles. The SMILES string of the molecule is COC1(CNCC(O)c2cc(Cl)ccc2Cl)CCC1. The molecule has 0 spiro atoms. The van der Waals surface area contributed by atoms with E-state index < -0.39 is 6.10 Å². The van der Waals surface area contributed by atoms with Crippen molar-refractivity contribution < 1.29 is 9.84 Å². The highest BCUT2D eigenvalue weighted by atomic mass is 35.5. The highest BCUT2D eigenvalue weighted by Gasteiger charge is 2.36. The highest BCUT2D eigenvalue weighted by Crippen LogP contribution is 2.34. The minimum Gasteiger partial charge on any atom is -0.387 e. The second kappa shape index (κ2) is 6.42. The summed E-state index contributed by atoms with van der Waals surface area (Å²) in [4.78, 5) is 0. The van der Waals surface area contributed by atoms with Crippen molar-refractivity contribution in [2.45, 2.75) is 31.0 Å². The first-order valence-electron chi connectivity index (χ1n) is 6.45. The van der Waals surface area contributed by atoms with Crippen LogP contribution in [0.2, 0.25) is 10.0 Å². The number of rotatable bonds is 6. The molecule has 1 unspecified atom stereocenters. The van der Waals surface area contributed by atoms with Crippen molar-refractivity contribution in [1.82, 2.24) is 5.32 Å². The number of aliphatic hydroxyl groups excluding tert-OH is 1. The Morgan fingerprint density at radius 2 is 2.16 bits per heavy atom. The Balaban J connectivity index is 1.87. The summed E-state index contributed by atoms with van der Waals surface area (Å²) in [7, 11) is 1.74. The van der Waals surface area contributed by atoms with Crippen LogP contribution in [0, 0.1) is 0 Å². The molecule has 1 fully saturated rings. The lowest BCUT2D eigenvalue weighted by Crippen LogP contribution is -2.48. The maximum absolute atomic E-state index is 10.1. The van der Waals surface area contributed by atoms with Crippen molar-refractivity contribution in [3.05, 3.63) is 33.8 Å². The topological polar surface area (TPSA) is 41.5 Å². The van der Waals surface area contributed by atoms with Crippen molar-refractivity contribution in [2.24, 2.45) is 0 Å². The zero-order valence-electron chi connectivity index (χ0n) is 11.0. The summed E-state index contributed by atoms with van der Waals surface area (Å²) in [5.74, 6) is 0. The standard InChI is InChI=1S/C14H19Cl2NO2/c1-19-14(5-2-6-14)9-17-8-13(18)11-7-10(15)3-4-12(11)16/h3-4,7,13,17-18H,2,5-6,8-9H2,1H3. The molecule has 0 heterocycles. The van der Waals surface area contributed by atoms with Gasteiger partial charge in [0.15, 0.2) is 0 Å². The van der Waals surface area contributed by atoms with Gasteiger partial charge in [0.05, 0.1) is 11.7 Å². The van der Waals surface area contributed by atoms with Crippen LogP contribution in [-0.2, 0) is 4.74 Å². The zero-order chi connectivity index (χ0) is 13.9. The maximum Gasteiger partial charge on any atom is 0.0929 e. The van der Waals surface area contributed by atoms with Crippen LogP contribution in [0.3, 0.4) is 0 Å². The third-order valence-corrected chi connectivity index (χ3v) is 4.38. The van der Waals surface area contributed by atoms with Crippen molar-refractivity contribution >= 4 is 23.2 Å². The van der Waals surface area contributed by atoms with E-state index in [1.165, 1.54) is 6.42 Å². The van der Waals surface area contributed by atoms with Crippen LogP contribution in [0.4, 0.5) is 0 Å². The van der Waals surface area contributed by atoms with Crippen LogP contribution >= 0.6 is 23.2 Å². The van der Waals surface area contributed by atoms with Gasteiger partial charge in [-0.3, -0.25) is 0 Å². The van der Waals surface area contributed by atoms with E-state index in [2.05, 4.69) is 5.32 Å². The van der Waals surface area contributed by atoms with Crippen molar-refractivity contribution in [1.29, 1.82) is 0 Å². The number of methoxy groups -OCH3 is 1. The first-order valence-corrected chi connectivity index (χ1v) is 7.21. The fourth-order valence-corrected chi connectivity index (χ4v) is 2.76. The fourth-order valence-electron chi connectivity index (χ4n) is 2.34. The van der Waals surface area contributed by atoms with Crippen LogP contribution < -0.4 is 5.32 Å². The van der Waals surface area contributed by atoms with Crippen molar-refractivity contribution in [3.63, 3.8) is 0 Å². The molecule has 1 aromatic rings. The molecular weight excluding hydrogens is 285 g/mol. The molecule has 106 valence electrons. The smallest absolute Gasteiger partial charge is 0.0929 e. The number of hydrogen-bond acceptors (Lipinski definition) is 3. The average Bonchev–Trinajstić information content (AvgIpc) is 2.35. The monoisotopic (exact) mass is 303 g/mol. The largest absolute Gasteiger partial charge is 0.387 e. The summed E-state index contributed by atoms with van der Waals surface area (Å²) in [6, 6.07) is 5.11. The van der Waals surface area contributed by atoms with Gasteiger partial charge in [0, 0.05) is 35.8 Å². The molecule has 1 aliphatic rings. The summed E-state index contributed by atoms with van der Waals surface area (Å²) >= 11 is 12.0. The Morgan fingerprint density at radius 1 is 1.42 bits per heavy atom. The van der Waals surface area contributed by atoms with Gasteiger partial charge in [-0.1, -0.05) is 23.2 Å². The lowest BCUT2D eigenvalue weighted by molar-refractivity contribution is -0.0703. The second-order valence-electron chi connectivity index (χ2n) is 5.05. The second-order valence-corrected chi connectivity index (χ2v) is 5.90. The minimum atomic E-state index is -0.666. The Bertz CT molecular complexity index is 430. The first kappa shape index (κ1) is 15.1. The molecule has 0 amide bonds. The molecule has 0 saturated heterocycles. The van der Waals surface area contributed by atoms with E-state index in [-0.39, 0.29) is 5.60 Å². The molecule has 1 aromatic carbocycles. The van der Waals surface area contributed by atoms with Gasteiger partial charge in [-0.05, 0) is 37.5 Å². The zero-order valence-corrected chi connectivity index (χ0v) is 12.5. The predicted octanol–water partition coefficient (Wildman–Crippen LogP) is 3.19. The first-order chi connectivity index (χ1) is 9.06. The van der Waals surface area contributed by atoms with E-state index in [0.717, 1.165) is 19.4 Å². The van der Waals surface area contributed by atoms with Gasteiger partial charge in [-0.2, -0.15) is 0 Å². The quantitative estimate of drug-likeness (QED) is 0.848. The van der Waals surface area contributed by atoms with Crippen LogP contribution in [0.1, 0.15) is 30.9 Å². The van der Waals surface area contributed by atoms with Gasteiger partial charge in [0.2, 0.25) is 0 Å². The van der Waals surface area contributed by atoms with E-state index >= 15 is 0 Å². The summed E-state index contributed by atoms with van der Waals surface area (Å²) < 4.78 is 5.51. The molecule has 1 atom stereocenters. The molecule has 0 aliphatic heterocycles. The van der Waals surface area contributed by atoms with Gasteiger partial charge in [0.25, 0.3) is 0 Å². The van der Waals surface area contributed by atoms with E-state index in [0.29, 0.717) is 22.2 Å². The third-order valence-electron chi connectivity index (χ3n) is 3.80. The lowest BCUT2D eigenvalue weighted by atomic mass is 9.80. The van der Waals surface area contributed by atoms with Gasteiger partial charge in [-0.15, -0.1) is 0 Å². The molecule has 19 heavy (non-hydrogen) atoms. The Labute approximate surface area is 123 Å². The molecular formula is C14H19Cl2NO2. The van der Waals surface area contributed by atoms with E-state index in [4.69, 9.17) is 27.9 Å². The fraction of sp³-hybridized carbons (Fsp3) is 0.571. The molecule has 0 radical (unpaired) electrons. The summed E-state index contributed by atoms with van der Waals surface area (Å²) in [5.41, 5.74) is 0.611. The van der Waals surface area contributed by atoms with Gasteiger partial charge < -0.3 is 15.2 Å². The van der Waals surface area contributed by atoms with Crippen molar-refractivity contribution in [3.8, 4) is 0 Å². The predicted molar refractivity (Wildman–Crippen MR) is 77.9 cm³/mol. The van der Waals surface area contributed by atoms with E-state index in [1.54, 1.807) is 25.3 Å². The summed E-state index contributed by atoms with van der Waals surface area (Å²) in [6.45, 7) is 1.18. The molecule has 1 aliphatic carbocycles. The molecule has 0 aromatic heterocycles. The normalized spacial score (nSPS) is 18.9. The molecule has 5 heteroatoms. The number of hydrogen-bond donors (Lipinski definition) is 2. The van der Waals surface area contributed by atoms with Crippen LogP contribution in [0.5, 0.6) is 0 Å². The third kappa shape index (κ3) is 3.61. The number of ether oxygens (including phenoxy) is 1. The molecule has 2 rings (SSSR count). The number of aliphatic hydroxyl groups is 1. The molecule has 0 bridgehead atoms. The van der Waals surface area contributed by atoms with E-state index in [1.807, 2.05) is 0 Å². The number of halogens is 2. The number of benzene rings is 1. The summed E-state index contributed by atoms with van der Waals surface area (Å²) in [5, 5.41) is 14.5. The molecule has 3 nitrogen and oxygen atoms in total. The van der Waals surface area contributed by atoms with Gasteiger partial charge in [0.1, 0.15) is 0 Å². The highest BCUT2D eigenvalue weighted by molar-refractivity contribution is 6.33.